The zero-order valence-corrected chi connectivity index (χ0v) is 11.7. The molecule has 0 bridgehead atoms. The maximum absolute atomic E-state index is 11.7. The number of aryl methyl sites for hydroxylation is 2. The normalized spacial score (nSPS) is 14.4. The number of hydrogen-bond acceptors (Lipinski definition) is 4. The Bertz CT molecular complexity index is 387. The zero-order valence-electron chi connectivity index (χ0n) is 10.9. The van der Waals surface area contributed by atoms with Gasteiger partial charge in [-0.25, -0.2) is 4.98 Å². The predicted molar refractivity (Wildman–Crippen MR) is 71.0 cm³/mol. The van der Waals surface area contributed by atoms with E-state index >= 15 is 0 Å². The van der Waals surface area contributed by atoms with E-state index in [1.807, 2.05) is 27.7 Å². The highest BCUT2D eigenvalue weighted by molar-refractivity contribution is 7.11. The van der Waals surface area contributed by atoms with E-state index in [2.05, 4.69) is 10.3 Å². The Morgan fingerprint density at radius 1 is 1.47 bits per heavy atom. The molecule has 0 fully saturated rings. The molecule has 0 aliphatic rings. The smallest absolute Gasteiger partial charge is 0.220 e. The van der Waals surface area contributed by atoms with Gasteiger partial charge in [-0.05, 0) is 34.1 Å². The number of nitrogens with one attached hydrogen (secondary N) is 1. The van der Waals surface area contributed by atoms with Crippen LogP contribution in [0, 0.1) is 13.8 Å². The highest BCUT2D eigenvalue weighted by Gasteiger charge is 2.15. The number of carbonyl (C=O) groups is 1. The van der Waals surface area contributed by atoms with Crippen LogP contribution >= 0.6 is 11.3 Å². The molecule has 3 N–H and O–H groups in total. The van der Waals surface area contributed by atoms with Gasteiger partial charge >= 0.3 is 0 Å². The molecule has 2 atom stereocenters. The van der Waals surface area contributed by atoms with E-state index < -0.39 is 0 Å². The van der Waals surface area contributed by atoms with E-state index in [-0.39, 0.29) is 18.0 Å². The van der Waals surface area contributed by atoms with Gasteiger partial charge in [0.15, 0.2) is 0 Å². The number of carbonyl (C=O) groups excluding carboxylic acids is 1. The van der Waals surface area contributed by atoms with E-state index in [0.29, 0.717) is 6.42 Å². The maximum Gasteiger partial charge on any atom is 0.220 e. The first-order valence-corrected chi connectivity index (χ1v) is 6.70. The standard InChI is InChI=1S/C12H21N3OS/c1-7(13)5-6-11(16)15-9(3)12-8(2)14-10(4)17-12/h7,9H,5-6,13H2,1-4H3,(H,15,16). The number of aromatic nitrogens is 1. The third-order valence-electron chi connectivity index (χ3n) is 2.54. The van der Waals surface area contributed by atoms with Crippen LogP contribution in [0.5, 0.6) is 0 Å². The van der Waals surface area contributed by atoms with Gasteiger partial charge in [0, 0.05) is 17.3 Å². The van der Waals surface area contributed by atoms with Crippen LogP contribution < -0.4 is 11.1 Å². The van der Waals surface area contributed by atoms with Crippen LogP contribution in [0.4, 0.5) is 0 Å². The van der Waals surface area contributed by atoms with Gasteiger partial charge < -0.3 is 11.1 Å². The van der Waals surface area contributed by atoms with Crippen molar-refractivity contribution in [2.24, 2.45) is 5.73 Å². The molecule has 5 heteroatoms. The first-order chi connectivity index (χ1) is 7.90. The van der Waals surface area contributed by atoms with Crippen molar-refractivity contribution in [3.8, 4) is 0 Å². The molecule has 0 aliphatic carbocycles. The molecule has 0 aromatic carbocycles. The van der Waals surface area contributed by atoms with Crippen LogP contribution in [0.2, 0.25) is 0 Å². The molecule has 1 heterocycles. The summed E-state index contributed by atoms with van der Waals surface area (Å²) in [5.74, 6) is 0.0558. The molecule has 1 amide bonds. The van der Waals surface area contributed by atoms with Gasteiger partial charge in [0.1, 0.15) is 0 Å². The van der Waals surface area contributed by atoms with E-state index in [1.54, 1.807) is 11.3 Å². The van der Waals surface area contributed by atoms with Crippen molar-refractivity contribution in [3.63, 3.8) is 0 Å². The molecule has 0 saturated heterocycles. The second kappa shape index (κ2) is 6.12. The van der Waals surface area contributed by atoms with Crippen molar-refractivity contribution in [2.45, 2.75) is 52.6 Å². The van der Waals surface area contributed by atoms with Crippen molar-refractivity contribution in [1.29, 1.82) is 0 Å². The lowest BCUT2D eigenvalue weighted by Gasteiger charge is -2.13. The number of hydrogen-bond donors (Lipinski definition) is 2. The number of nitrogens with zero attached hydrogens (tertiary/aromatic N) is 1. The topological polar surface area (TPSA) is 68.0 Å². The number of rotatable bonds is 5. The van der Waals surface area contributed by atoms with Crippen molar-refractivity contribution in [2.75, 3.05) is 0 Å². The second-order valence-electron chi connectivity index (χ2n) is 4.49. The van der Waals surface area contributed by atoms with Crippen molar-refractivity contribution in [3.05, 3.63) is 15.6 Å². The molecule has 1 aromatic heterocycles. The average molecular weight is 255 g/mol. The summed E-state index contributed by atoms with van der Waals surface area (Å²) in [5, 5.41) is 4.02. The molecule has 0 radical (unpaired) electrons. The molecular formula is C12H21N3OS. The summed E-state index contributed by atoms with van der Waals surface area (Å²) < 4.78 is 0. The minimum atomic E-state index is 0.0294. The molecule has 1 aromatic rings. The zero-order chi connectivity index (χ0) is 13.0. The molecule has 2 unspecified atom stereocenters. The molecule has 96 valence electrons. The highest BCUT2D eigenvalue weighted by atomic mass is 32.1. The van der Waals surface area contributed by atoms with Crippen LogP contribution in [0.1, 0.15) is 48.3 Å². The molecule has 0 saturated carbocycles. The molecular weight excluding hydrogens is 234 g/mol. The monoisotopic (exact) mass is 255 g/mol. The number of amides is 1. The van der Waals surface area contributed by atoms with Crippen LogP contribution in [0.25, 0.3) is 0 Å². The van der Waals surface area contributed by atoms with Gasteiger partial charge in [0.25, 0.3) is 0 Å². The molecule has 0 spiro atoms. The fraction of sp³-hybridized carbons (Fsp3) is 0.667. The quantitative estimate of drug-likeness (QED) is 0.846. The van der Waals surface area contributed by atoms with Crippen LogP contribution in [0.3, 0.4) is 0 Å². The van der Waals surface area contributed by atoms with Crippen LogP contribution in [0.15, 0.2) is 0 Å². The van der Waals surface area contributed by atoms with E-state index in [4.69, 9.17) is 5.73 Å². The van der Waals surface area contributed by atoms with Crippen LogP contribution in [-0.2, 0) is 4.79 Å². The lowest BCUT2D eigenvalue weighted by molar-refractivity contribution is -0.121. The Kier molecular flexibility index (Phi) is 5.08. The maximum atomic E-state index is 11.7. The van der Waals surface area contributed by atoms with E-state index in [1.165, 1.54) is 0 Å². The summed E-state index contributed by atoms with van der Waals surface area (Å²) in [7, 11) is 0. The lowest BCUT2D eigenvalue weighted by Crippen LogP contribution is -2.28. The Hall–Kier alpha value is -0.940. The Morgan fingerprint density at radius 3 is 2.59 bits per heavy atom. The molecule has 1 rings (SSSR count). The van der Waals surface area contributed by atoms with Gasteiger partial charge in [-0.3, -0.25) is 4.79 Å². The third-order valence-corrected chi connectivity index (χ3v) is 3.79. The van der Waals surface area contributed by atoms with Gasteiger partial charge in [-0.1, -0.05) is 0 Å². The average Bonchev–Trinajstić information content (AvgIpc) is 2.55. The summed E-state index contributed by atoms with van der Waals surface area (Å²) in [6.45, 7) is 7.85. The first-order valence-electron chi connectivity index (χ1n) is 5.89. The van der Waals surface area contributed by atoms with Gasteiger partial charge in [0.05, 0.1) is 16.7 Å². The van der Waals surface area contributed by atoms with E-state index in [9.17, 15) is 4.79 Å². The van der Waals surface area contributed by atoms with E-state index in [0.717, 1.165) is 22.0 Å². The summed E-state index contributed by atoms with van der Waals surface area (Å²) in [6, 6.07) is 0.102. The first kappa shape index (κ1) is 14.1. The highest BCUT2D eigenvalue weighted by Crippen LogP contribution is 2.24. The Morgan fingerprint density at radius 2 is 2.12 bits per heavy atom. The summed E-state index contributed by atoms with van der Waals surface area (Å²) in [6.07, 6.45) is 1.21. The molecule has 4 nitrogen and oxygen atoms in total. The SMILES string of the molecule is Cc1nc(C)c(C(C)NC(=O)CCC(C)N)s1. The number of thiazole rings is 1. The second-order valence-corrected chi connectivity index (χ2v) is 5.72. The number of nitrogens with two attached hydrogens (primary N) is 1. The minimum absolute atomic E-state index is 0.0294. The summed E-state index contributed by atoms with van der Waals surface area (Å²) >= 11 is 1.64. The summed E-state index contributed by atoms with van der Waals surface area (Å²) in [4.78, 5) is 17.2. The third kappa shape index (κ3) is 4.44. The lowest BCUT2D eigenvalue weighted by atomic mass is 10.1. The Balaban J connectivity index is 2.51. The predicted octanol–water partition coefficient (Wildman–Crippen LogP) is 2.06. The van der Waals surface area contributed by atoms with Crippen molar-refractivity contribution >= 4 is 17.2 Å². The van der Waals surface area contributed by atoms with Crippen molar-refractivity contribution in [1.82, 2.24) is 10.3 Å². The summed E-state index contributed by atoms with van der Waals surface area (Å²) in [5.41, 5.74) is 6.63. The Labute approximate surface area is 107 Å². The van der Waals surface area contributed by atoms with Gasteiger partial charge in [-0.15, -0.1) is 11.3 Å². The molecule has 17 heavy (non-hydrogen) atoms. The molecule has 0 aliphatic heterocycles. The van der Waals surface area contributed by atoms with Crippen LogP contribution in [-0.4, -0.2) is 16.9 Å². The fourth-order valence-electron chi connectivity index (χ4n) is 1.69. The van der Waals surface area contributed by atoms with Gasteiger partial charge in [-0.2, -0.15) is 0 Å². The largest absolute Gasteiger partial charge is 0.349 e. The minimum Gasteiger partial charge on any atom is -0.349 e. The van der Waals surface area contributed by atoms with Crippen molar-refractivity contribution < 1.29 is 4.79 Å². The van der Waals surface area contributed by atoms with Gasteiger partial charge in [0.2, 0.25) is 5.91 Å². The fourth-order valence-corrected chi connectivity index (χ4v) is 2.62.